The molecule has 4 heteroatoms. The Morgan fingerprint density at radius 1 is 1.00 bits per heavy atom. The first-order chi connectivity index (χ1) is 11.7. The summed E-state index contributed by atoms with van der Waals surface area (Å²) in [6.07, 6.45) is 0. The zero-order valence-corrected chi connectivity index (χ0v) is 13.8. The summed E-state index contributed by atoms with van der Waals surface area (Å²) in [6.45, 7) is 0.531. The van der Waals surface area contributed by atoms with E-state index in [0.29, 0.717) is 6.54 Å². The number of hydrogen-bond acceptors (Lipinski definition) is 2. The predicted octanol–water partition coefficient (Wildman–Crippen LogP) is 4.51. The first kappa shape index (κ1) is 15.9. The number of urea groups is 1. The standard InChI is InChI=1S/C20H20N2O2/c1-22(14-15-7-11-19(24-2)12-8-15)20(23)21-18-10-9-16-5-3-4-6-17(16)13-18/h3-13H,14H2,1-2H3,(H,21,23). The van der Waals surface area contributed by atoms with Crippen LogP contribution in [-0.4, -0.2) is 25.1 Å². The second-order valence-corrected chi connectivity index (χ2v) is 5.70. The summed E-state index contributed by atoms with van der Waals surface area (Å²) < 4.78 is 5.14. The van der Waals surface area contributed by atoms with Crippen LogP contribution >= 0.6 is 0 Å². The van der Waals surface area contributed by atoms with Gasteiger partial charge in [0.25, 0.3) is 0 Å². The van der Waals surface area contributed by atoms with Crippen LogP contribution in [0, 0.1) is 0 Å². The maximum Gasteiger partial charge on any atom is 0.321 e. The van der Waals surface area contributed by atoms with Gasteiger partial charge in [-0.1, -0.05) is 42.5 Å². The van der Waals surface area contributed by atoms with Gasteiger partial charge in [0, 0.05) is 19.3 Å². The number of anilines is 1. The largest absolute Gasteiger partial charge is 0.497 e. The van der Waals surface area contributed by atoms with Crippen molar-refractivity contribution in [2.45, 2.75) is 6.54 Å². The molecule has 0 unspecified atom stereocenters. The molecule has 122 valence electrons. The molecule has 1 N–H and O–H groups in total. The number of ether oxygens (including phenoxy) is 1. The fourth-order valence-corrected chi connectivity index (χ4v) is 2.56. The fraction of sp³-hybridized carbons (Fsp3) is 0.150. The van der Waals surface area contributed by atoms with E-state index in [0.717, 1.165) is 27.8 Å². The summed E-state index contributed by atoms with van der Waals surface area (Å²) in [6, 6.07) is 21.5. The van der Waals surface area contributed by atoms with E-state index in [9.17, 15) is 4.79 Å². The number of carbonyl (C=O) groups excluding carboxylic acids is 1. The van der Waals surface area contributed by atoms with Gasteiger partial charge in [-0.3, -0.25) is 0 Å². The molecule has 0 radical (unpaired) electrons. The van der Waals surface area contributed by atoms with E-state index in [1.807, 2.05) is 60.7 Å². The van der Waals surface area contributed by atoms with Gasteiger partial charge in [-0.25, -0.2) is 4.79 Å². The maximum atomic E-state index is 12.4. The van der Waals surface area contributed by atoms with E-state index in [-0.39, 0.29) is 6.03 Å². The van der Waals surface area contributed by atoms with E-state index in [4.69, 9.17) is 4.74 Å². The van der Waals surface area contributed by atoms with Gasteiger partial charge in [0.05, 0.1) is 7.11 Å². The highest BCUT2D eigenvalue weighted by Gasteiger charge is 2.10. The van der Waals surface area contributed by atoms with Crippen LogP contribution in [0.5, 0.6) is 5.75 Å². The van der Waals surface area contributed by atoms with Gasteiger partial charge in [-0.2, -0.15) is 0 Å². The molecule has 3 rings (SSSR count). The minimum atomic E-state index is -0.138. The lowest BCUT2D eigenvalue weighted by atomic mass is 10.1. The van der Waals surface area contributed by atoms with Gasteiger partial charge in [0.15, 0.2) is 0 Å². The summed E-state index contributed by atoms with van der Waals surface area (Å²) in [5, 5.41) is 5.20. The van der Waals surface area contributed by atoms with Gasteiger partial charge in [0.1, 0.15) is 5.75 Å². The van der Waals surface area contributed by atoms with Crippen molar-refractivity contribution in [3.63, 3.8) is 0 Å². The Bertz CT molecular complexity index is 844. The summed E-state index contributed by atoms with van der Waals surface area (Å²) in [7, 11) is 3.42. The molecular weight excluding hydrogens is 300 g/mol. The molecule has 0 spiro atoms. The summed E-state index contributed by atoms with van der Waals surface area (Å²) in [4.78, 5) is 14.0. The molecule has 0 heterocycles. The maximum absolute atomic E-state index is 12.4. The van der Waals surface area contributed by atoms with Crippen molar-refractivity contribution in [1.29, 1.82) is 0 Å². The van der Waals surface area contributed by atoms with Crippen LogP contribution in [0.25, 0.3) is 10.8 Å². The monoisotopic (exact) mass is 320 g/mol. The Morgan fingerprint density at radius 3 is 2.42 bits per heavy atom. The van der Waals surface area contributed by atoms with Gasteiger partial charge in [-0.15, -0.1) is 0 Å². The third kappa shape index (κ3) is 3.66. The quantitative estimate of drug-likeness (QED) is 0.768. The van der Waals surface area contributed by atoms with Crippen LogP contribution in [0.3, 0.4) is 0 Å². The third-order valence-corrected chi connectivity index (χ3v) is 3.93. The lowest BCUT2D eigenvalue weighted by Crippen LogP contribution is -2.30. The van der Waals surface area contributed by atoms with Gasteiger partial charge in [0.2, 0.25) is 0 Å². The minimum absolute atomic E-state index is 0.138. The molecule has 0 aliphatic heterocycles. The lowest BCUT2D eigenvalue weighted by Gasteiger charge is -2.18. The number of amides is 2. The molecule has 2 amide bonds. The summed E-state index contributed by atoms with van der Waals surface area (Å²) in [5.74, 6) is 0.807. The van der Waals surface area contributed by atoms with Crippen LogP contribution in [0.15, 0.2) is 66.7 Å². The zero-order valence-electron chi connectivity index (χ0n) is 13.8. The molecule has 0 saturated heterocycles. The topological polar surface area (TPSA) is 41.6 Å². The van der Waals surface area contributed by atoms with E-state index in [1.165, 1.54) is 0 Å². The molecule has 3 aromatic rings. The molecule has 0 aromatic heterocycles. The van der Waals surface area contributed by atoms with Gasteiger partial charge >= 0.3 is 6.03 Å². The van der Waals surface area contributed by atoms with Crippen molar-refractivity contribution >= 4 is 22.5 Å². The number of methoxy groups -OCH3 is 1. The smallest absolute Gasteiger partial charge is 0.321 e. The van der Waals surface area contributed by atoms with Crippen molar-refractivity contribution in [2.75, 3.05) is 19.5 Å². The molecule has 0 aliphatic rings. The van der Waals surface area contributed by atoms with Crippen molar-refractivity contribution in [2.24, 2.45) is 0 Å². The average molecular weight is 320 g/mol. The van der Waals surface area contributed by atoms with Crippen LogP contribution in [0.4, 0.5) is 10.5 Å². The number of rotatable bonds is 4. The highest BCUT2D eigenvalue weighted by molar-refractivity contribution is 5.93. The number of nitrogens with zero attached hydrogens (tertiary/aromatic N) is 1. The zero-order chi connectivity index (χ0) is 16.9. The Labute approximate surface area is 141 Å². The Hall–Kier alpha value is -3.01. The van der Waals surface area contributed by atoms with Crippen molar-refractivity contribution in [3.8, 4) is 5.75 Å². The fourth-order valence-electron chi connectivity index (χ4n) is 2.56. The normalized spacial score (nSPS) is 10.4. The number of hydrogen-bond donors (Lipinski definition) is 1. The summed E-state index contributed by atoms with van der Waals surface area (Å²) >= 11 is 0. The highest BCUT2D eigenvalue weighted by atomic mass is 16.5. The molecule has 0 fully saturated rings. The number of nitrogens with one attached hydrogen (secondary N) is 1. The van der Waals surface area contributed by atoms with Gasteiger partial charge in [-0.05, 0) is 40.6 Å². The first-order valence-corrected chi connectivity index (χ1v) is 7.79. The lowest BCUT2D eigenvalue weighted by molar-refractivity contribution is 0.220. The number of fused-ring (bicyclic) bond motifs is 1. The SMILES string of the molecule is COc1ccc(CN(C)C(=O)Nc2ccc3ccccc3c2)cc1. The van der Waals surface area contributed by atoms with Crippen molar-refractivity contribution in [1.82, 2.24) is 4.90 Å². The highest BCUT2D eigenvalue weighted by Crippen LogP contribution is 2.19. The minimum Gasteiger partial charge on any atom is -0.497 e. The van der Waals surface area contributed by atoms with Crippen LogP contribution in [-0.2, 0) is 6.54 Å². The van der Waals surface area contributed by atoms with Crippen LogP contribution < -0.4 is 10.1 Å². The van der Waals surface area contributed by atoms with E-state index < -0.39 is 0 Å². The molecule has 24 heavy (non-hydrogen) atoms. The molecule has 4 nitrogen and oxygen atoms in total. The van der Waals surface area contributed by atoms with E-state index in [1.54, 1.807) is 19.1 Å². The molecular formula is C20H20N2O2. The van der Waals surface area contributed by atoms with Crippen LogP contribution in [0.2, 0.25) is 0 Å². The third-order valence-electron chi connectivity index (χ3n) is 3.93. The first-order valence-electron chi connectivity index (χ1n) is 7.79. The number of carbonyl (C=O) groups is 1. The van der Waals surface area contributed by atoms with Gasteiger partial charge < -0.3 is 15.0 Å². The molecule has 0 atom stereocenters. The van der Waals surface area contributed by atoms with Crippen molar-refractivity contribution < 1.29 is 9.53 Å². The predicted molar refractivity (Wildman–Crippen MR) is 97.4 cm³/mol. The molecule has 0 saturated carbocycles. The Morgan fingerprint density at radius 2 is 1.71 bits per heavy atom. The molecule has 0 aliphatic carbocycles. The number of benzene rings is 3. The second kappa shape index (κ2) is 7.04. The summed E-state index contributed by atoms with van der Waals surface area (Å²) in [5.41, 5.74) is 1.84. The van der Waals surface area contributed by atoms with E-state index >= 15 is 0 Å². The Balaban J connectivity index is 1.66. The van der Waals surface area contributed by atoms with Crippen LogP contribution in [0.1, 0.15) is 5.56 Å². The average Bonchev–Trinajstić information content (AvgIpc) is 2.62. The Kier molecular flexibility index (Phi) is 4.66. The molecule has 0 bridgehead atoms. The molecule has 3 aromatic carbocycles. The van der Waals surface area contributed by atoms with Crippen molar-refractivity contribution in [3.05, 3.63) is 72.3 Å². The van der Waals surface area contributed by atoms with E-state index in [2.05, 4.69) is 11.4 Å². The second-order valence-electron chi connectivity index (χ2n) is 5.70.